The van der Waals surface area contributed by atoms with Crippen molar-refractivity contribution in [3.05, 3.63) is 29.3 Å². The molecule has 2 atom stereocenters. The van der Waals surface area contributed by atoms with Crippen molar-refractivity contribution in [3.63, 3.8) is 0 Å². The molecule has 5 nitrogen and oxygen atoms in total. The van der Waals surface area contributed by atoms with Crippen molar-refractivity contribution < 1.29 is 9.59 Å². The van der Waals surface area contributed by atoms with E-state index in [0.717, 1.165) is 37.2 Å². The summed E-state index contributed by atoms with van der Waals surface area (Å²) in [5.41, 5.74) is 3.23. The van der Waals surface area contributed by atoms with Crippen LogP contribution in [0.2, 0.25) is 0 Å². The van der Waals surface area contributed by atoms with E-state index in [-0.39, 0.29) is 30.1 Å². The van der Waals surface area contributed by atoms with Crippen LogP contribution in [0.25, 0.3) is 0 Å². The molecule has 0 spiro atoms. The van der Waals surface area contributed by atoms with Crippen LogP contribution in [0.5, 0.6) is 0 Å². The fourth-order valence-electron chi connectivity index (χ4n) is 3.62. The van der Waals surface area contributed by atoms with Gasteiger partial charge in [-0.2, -0.15) is 0 Å². The summed E-state index contributed by atoms with van der Waals surface area (Å²) in [7, 11) is 0. The van der Waals surface area contributed by atoms with E-state index < -0.39 is 0 Å². The normalized spacial score (nSPS) is 21.4. The first-order valence-corrected chi connectivity index (χ1v) is 9.08. The van der Waals surface area contributed by atoms with Crippen molar-refractivity contribution in [1.82, 2.24) is 10.6 Å². The molecule has 2 unspecified atom stereocenters. The summed E-state index contributed by atoms with van der Waals surface area (Å²) in [6.07, 6.45) is 4.32. The van der Waals surface area contributed by atoms with Crippen LogP contribution < -0.4 is 16.0 Å². The summed E-state index contributed by atoms with van der Waals surface area (Å²) >= 11 is 0. The first-order chi connectivity index (χ1) is 11.7. The molecule has 25 heavy (non-hydrogen) atoms. The molecule has 3 N–H and O–H groups in total. The van der Waals surface area contributed by atoms with E-state index in [4.69, 9.17) is 0 Å². The molecule has 3 rings (SSSR count). The second-order valence-corrected chi connectivity index (χ2v) is 6.85. The van der Waals surface area contributed by atoms with Gasteiger partial charge in [0.05, 0.1) is 5.92 Å². The summed E-state index contributed by atoms with van der Waals surface area (Å²) in [5.74, 6) is 0.633. The fraction of sp³-hybridized carbons (Fsp3) is 0.579. The molecule has 0 aromatic heterocycles. The van der Waals surface area contributed by atoms with E-state index in [1.165, 1.54) is 12.0 Å². The van der Waals surface area contributed by atoms with Gasteiger partial charge in [0.15, 0.2) is 0 Å². The van der Waals surface area contributed by atoms with E-state index in [9.17, 15) is 9.59 Å². The second kappa shape index (κ2) is 9.20. The molecule has 0 aliphatic carbocycles. The average Bonchev–Trinajstić information content (AvgIpc) is 3.20. The summed E-state index contributed by atoms with van der Waals surface area (Å²) < 4.78 is 0. The molecular weight excluding hydrogens is 338 g/mol. The monoisotopic (exact) mass is 365 g/mol. The van der Waals surface area contributed by atoms with E-state index >= 15 is 0 Å². The molecule has 1 fully saturated rings. The van der Waals surface area contributed by atoms with E-state index in [1.54, 1.807) is 0 Å². The molecular formula is C19H28ClN3O2. The topological polar surface area (TPSA) is 70.2 Å². The number of hydrogen-bond donors (Lipinski definition) is 3. The minimum Gasteiger partial charge on any atom is -0.356 e. The lowest BCUT2D eigenvalue weighted by atomic mass is 9.95. The molecule has 0 saturated carbocycles. The number of rotatable bonds is 7. The van der Waals surface area contributed by atoms with Crippen molar-refractivity contribution in [2.45, 2.75) is 44.9 Å². The van der Waals surface area contributed by atoms with Gasteiger partial charge in [-0.15, -0.1) is 12.4 Å². The first-order valence-electron chi connectivity index (χ1n) is 9.08. The summed E-state index contributed by atoms with van der Waals surface area (Å²) in [6.45, 7) is 4.77. The highest BCUT2D eigenvalue weighted by Crippen LogP contribution is 2.35. The van der Waals surface area contributed by atoms with Crippen LogP contribution in [0.1, 0.15) is 49.7 Å². The molecule has 2 amide bonds. The Bertz CT molecular complexity index is 615. The second-order valence-electron chi connectivity index (χ2n) is 6.85. The number of carbonyl (C=O) groups excluding carboxylic acids is 2. The molecule has 138 valence electrons. The maximum Gasteiger partial charge on any atom is 0.232 e. The number of amides is 2. The van der Waals surface area contributed by atoms with Crippen LogP contribution in [-0.2, 0) is 16.0 Å². The Hall–Kier alpha value is -1.59. The Morgan fingerprint density at radius 1 is 1.32 bits per heavy atom. The Morgan fingerprint density at radius 3 is 2.88 bits per heavy atom. The average molecular weight is 366 g/mol. The molecule has 0 radical (unpaired) electrons. The number of aryl methyl sites for hydroxylation is 1. The third-order valence-corrected chi connectivity index (χ3v) is 5.17. The minimum absolute atomic E-state index is 0. The summed E-state index contributed by atoms with van der Waals surface area (Å²) in [4.78, 5) is 24.1. The molecule has 2 aliphatic rings. The van der Waals surface area contributed by atoms with Crippen molar-refractivity contribution in [1.29, 1.82) is 0 Å². The van der Waals surface area contributed by atoms with Gasteiger partial charge in [0.2, 0.25) is 11.8 Å². The van der Waals surface area contributed by atoms with Gasteiger partial charge in [0, 0.05) is 18.7 Å². The number of hydrogen-bond acceptors (Lipinski definition) is 3. The zero-order chi connectivity index (χ0) is 16.9. The van der Waals surface area contributed by atoms with E-state index in [2.05, 4.69) is 35.0 Å². The molecule has 2 aliphatic heterocycles. The summed E-state index contributed by atoms with van der Waals surface area (Å²) in [6, 6.07) is 6.16. The van der Waals surface area contributed by atoms with E-state index in [0.29, 0.717) is 25.3 Å². The standard InChI is InChI=1S/C19H27N3O2.ClH/c1-2-13-3-5-17-16(11-13)15(19(24)22-17)8-10-21-18(23)6-4-14-7-9-20-12-14;/h3,5,11,14-15,20H,2,4,6-10,12H2,1H3,(H,21,23)(H,22,24);1H. The van der Waals surface area contributed by atoms with Gasteiger partial charge in [-0.1, -0.05) is 19.1 Å². The van der Waals surface area contributed by atoms with Gasteiger partial charge in [-0.25, -0.2) is 0 Å². The number of fused-ring (bicyclic) bond motifs is 1. The van der Waals surface area contributed by atoms with Crippen LogP contribution in [0.3, 0.4) is 0 Å². The van der Waals surface area contributed by atoms with Crippen LogP contribution in [0.4, 0.5) is 5.69 Å². The Balaban J connectivity index is 0.00000225. The molecule has 6 heteroatoms. The van der Waals surface area contributed by atoms with Gasteiger partial charge in [0.1, 0.15) is 0 Å². The Labute approximate surface area is 155 Å². The Kier molecular flexibility index (Phi) is 7.26. The third kappa shape index (κ3) is 4.95. The Morgan fingerprint density at radius 2 is 2.16 bits per heavy atom. The lowest BCUT2D eigenvalue weighted by Gasteiger charge is -2.12. The zero-order valence-electron chi connectivity index (χ0n) is 14.8. The highest BCUT2D eigenvalue weighted by molar-refractivity contribution is 6.02. The maximum absolute atomic E-state index is 12.2. The number of benzene rings is 1. The van der Waals surface area contributed by atoms with Gasteiger partial charge in [0.25, 0.3) is 0 Å². The SMILES string of the molecule is CCc1ccc2c(c1)C(CCNC(=O)CCC1CCNC1)C(=O)N2.Cl. The van der Waals surface area contributed by atoms with Gasteiger partial charge >= 0.3 is 0 Å². The molecule has 1 saturated heterocycles. The lowest BCUT2D eigenvalue weighted by Crippen LogP contribution is -2.27. The third-order valence-electron chi connectivity index (χ3n) is 5.17. The number of carbonyl (C=O) groups is 2. The molecule has 1 aromatic carbocycles. The predicted molar refractivity (Wildman–Crippen MR) is 102 cm³/mol. The largest absolute Gasteiger partial charge is 0.356 e. The number of halogens is 1. The van der Waals surface area contributed by atoms with Crippen molar-refractivity contribution in [2.24, 2.45) is 5.92 Å². The van der Waals surface area contributed by atoms with Crippen LogP contribution in [0, 0.1) is 5.92 Å². The molecule has 0 bridgehead atoms. The lowest BCUT2D eigenvalue weighted by molar-refractivity contribution is -0.122. The number of anilines is 1. The molecule has 1 aromatic rings. The minimum atomic E-state index is -0.147. The predicted octanol–water partition coefficient (Wildman–Crippen LogP) is 2.60. The molecule has 2 heterocycles. The fourth-order valence-corrected chi connectivity index (χ4v) is 3.62. The zero-order valence-corrected chi connectivity index (χ0v) is 15.6. The van der Waals surface area contributed by atoms with Crippen molar-refractivity contribution in [2.75, 3.05) is 25.0 Å². The number of nitrogens with one attached hydrogen (secondary N) is 3. The van der Waals surface area contributed by atoms with E-state index in [1.807, 2.05) is 6.07 Å². The van der Waals surface area contributed by atoms with Gasteiger partial charge < -0.3 is 16.0 Å². The summed E-state index contributed by atoms with van der Waals surface area (Å²) in [5, 5.41) is 9.24. The van der Waals surface area contributed by atoms with Crippen LogP contribution in [0.15, 0.2) is 18.2 Å². The van der Waals surface area contributed by atoms with Crippen LogP contribution in [-0.4, -0.2) is 31.4 Å². The first kappa shape index (κ1) is 19.7. The highest BCUT2D eigenvalue weighted by atomic mass is 35.5. The van der Waals surface area contributed by atoms with Crippen LogP contribution >= 0.6 is 12.4 Å². The van der Waals surface area contributed by atoms with Crippen molar-refractivity contribution >= 4 is 29.9 Å². The quantitative estimate of drug-likeness (QED) is 0.695. The highest BCUT2D eigenvalue weighted by Gasteiger charge is 2.30. The maximum atomic E-state index is 12.2. The van der Waals surface area contributed by atoms with Gasteiger partial charge in [-0.3, -0.25) is 9.59 Å². The smallest absolute Gasteiger partial charge is 0.232 e. The van der Waals surface area contributed by atoms with Crippen molar-refractivity contribution in [3.8, 4) is 0 Å². The van der Waals surface area contributed by atoms with Gasteiger partial charge in [-0.05, 0) is 61.9 Å².